The highest BCUT2D eigenvalue weighted by Crippen LogP contribution is 2.22. The van der Waals surface area contributed by atoms with Crippen molar-refractivity contribution >= 4 is 11.8 Å². The normalized spacial score (nSPS) is 25.4. The van der Waals surface area contributed by atoms with Gasteiger partial charge >= 0.3 is 0 Å². The highest BCUT2D eigenvalue weighted by Gasteiger charge is 2.43. The molecule has 1 rings (SSSR count). The number of nitrogens with one attached hydrogen (secondary N) is 1. The minimum Gasteiger partial charge on any atom is -0.377 e. The van der Waals surface area contributed by atoms with E-state index < -0.39 is 5.54 Å². The second kappa shape index (κ2) is 5.49. The first kappa shape index (κ1) is 14.0. The zero-order valence-corrected chi connectivity index (χ0v) is 11.1. The molecule has 0 aliphatic carbocycles. The molecule has 0 saturated carbocycles. The Labute approximate surface area is 102 Å². The van der Waals surface area contributed by atoms with Crippen molar-refractivity contribution < 1.29 is 14.3 Å². The lowest BCUT2D eigenvalue weighted by molar-refractivity contribution is -0.154. The van der Waals surface area contributed by atoms with E-state index in [9.17, 15) is 9.59 Å². The monoisotopic (exact) mass is 242 g/mol. The SMILES string of the molecule is CCC1(C)C(=O)NCC(=O)N1CCOC(C)C. The predicted molar refractivity (Wildman–Crippen MR) is 64.5 cm³/mol. The number of ether oxygens (including phenoxy) is 1. The summed E-state index contributed by atoms with van der Waals surface area (Å²) < 4.78 is 5.44. The van der Waals surface area contributed by atoms with Crippen molar-refractivity contribution in [3.8, 4) is 0 Å². The zero-order chi connectivity index (χ0) is 13.1. The number of rotatable bonds is 5. The molecule has 0 radical (unpaired) electrons. The minimum absolute atomic E-state index is 0.0405. The summed E-state index contributed by atoms with van der Waals surface area (Å²) in [7, 11) is 0. The molecule has 0 aromatic carbocycles. The Bertz CT molecular complexity index is 304. The number of hydrogen-bond donors (Lipinski definition) is 1. The summed E-state index contributed by atoms with van der Waals surface area (Å²) in [5.41, 5.74) is -0.740. The smallest absolute Gasteiger partial charge is 0.246 e. The van der Waals surface area contributed by atoms with Gasteiger partial charge in [-0.15, -0.1) is 0 Å². The molecule has 0 bridgehead atoms. The molecule has 98 valence electrons. The van der Waals surface area contributed by atoms with E-state index in [-0.39, 0.29) is 24.5 Å². The molecule has 5 nitrogen and oxygen atoms in total. The van der Waals surface area contributed by atoms with E-state index in [2.05, 4.69) is 5.32 Å². The van der Waals surface area contributed by atoms with Gasteiger partial charge in [-0.05, 0) is 27.2 Å². The summed E-state index contributed by atoms with van der Waals surface area (Å²) in [6.45, 7) is 8.63. The maximum atomic E-state index is 11.9. The molecule has 1 fully saturated rings. The second-order valence-corrected chi connectivity index (χ2v) is 4.78. The highest BCUT2D eigenvalue weighted by molar-refractivity contribution is 5.97. The van der Waals surface area contributed by atoms with Crippen molar-refractivity contribution in [2.75, 3.05) is 19.7 Å². The number of piperazine rings is 1. The van der Waals surface area contributed by atoms with Crippen LogP contribution in [0.1, 0.15) is 34.1 Å². The van der Waals surface area contributed by atoms with Crippen LogP contribution in [-0.2, 0) is 14.3 Å². The van der Waals surface area contributed by atoms with Crippen molar-refractivity contribution in [1.29, 1.82) is 0 Å². The van der Waals surface area contributed by atoms with Gasteiger partial charge in [0, 0.05) is 6.54 Å². The summed E-state index contributed by atoms with van der Waals surface area (Å²) in [6, 6.07) is 0. The van der Waals surface area contributed by atoms with Gasteiger partial charge in [0.2, 0.25) is 11.8 Å². The molecule has 17 heavy (non-hydrogen) atoms. The molecule has 2 amide bonds. The Kier molecular flexibility index (Phi) is 4.51. The third-order valence-electron chi connectivity index (χ3n) is 3.24. The maximum absolute atomic E-state index is 11.9. The number of nitrogens with zero attached hydrogens (tertiary/aromatic N) is 1. The fraction of sp³-hybridized carbons (Fsp3) is 0.833. The summed E-state index contributed by atoms with van der Waals surface area (Å²) in [5, 5.41) is 2.63. The van der Waals surface area contributed by atoms with Gasteiger partial charge in [-0.3, -0.25) is 9.59 Å². The molecule has 1 N–H and O–H groups in total. The fourth-order valence-corrected chi connectivity index (χ4v) is 1.94. The lowest BCUT2D eigenvalue weighted by Crippen LogP contribution is -2.66. The van der Waals surface area contributed by atoms with Crippen LogP contribution in [0.4, 0.5) is 0 Å². The molecular weight excluding hydrogens is 220 g/mol. The van der Waals surface area contributed by atoms with Gasteiger partial charge in [-0.1, -0.05) is 6.92 Å². The van der Waals surface area contributed by atoms with Crippen LogP contribution in [0.3, 0.4) is 0 Å². The molecular formula is C12H22N2O3. The maximum Gasteiger partial charge on any atom is 0.246 e. The predicted octanol–water partition coefficient (Wildman–Crippen LogP) is 0.539. The Hall–Kier alpha value is -1.10. The van der Waals surface area contributed by atoms with Gasteiger partial charge in [0.25, 0.3) is 0 Å². The van der Waals surface area contributed by atoms with E-state index in [1.807, 2.05) is 20.8 Å². The van der Waals surface area contributed by atoms with Crippen LogP contribution in [0.2, 0.25) is 0 Å². The molecule has 1 aliphatic heterocycles. The van der Waals surface area contributed by atoms with Gasteiger partial charge < -0.3 is 15.0 Å². The van der Waals surface area contributed by atoms with Gasteiger partial charge in [-0.2, -0.15) is 0 Å². The molecule has 1 atom stereocenters. The Balaban J connectivity index is 2.69. The number of hydrogen-bond acceptors (Lipinski definition) is 3. The van der Waals surface area contributed by atoms with Crippen LogP contribution in [0, 0.1) is 0 Å². The Morgan fingerprint density at radius 2 is 2.12 bits per heavy atom. The highest BCUT2D eigenvalue weighted by atomic mass is 16.5. The first-order valence-corrected chi connectivity index (χ1v) is 6.12. The number of amides is 2. The zero-order valence-electron chi connectivity index (χ0n) is 11.1. The van der Waals surface area contributed by atoms with Gasteiger partial charge in [0.15, 0.2) is 0 Å². The quantitative estimate of drug-likeness (QED) is 0.765. The standard InChI is InChI=1S/C12H22N2O3/c1-5-12(4)11(16)13-8-10(15)14(12)6-7-17-9(2)3/h9H,5-8H2,1-4H3,(H,13,16). The molecule has 5 heteroatoms. The second-order valence-electron chi connectivity index (χ2n) is 4.78. The molecule has 1 unspecified atom stereocenters. The van der Waals surface area contributed by atoms with E-state index in [0.29, 0.717) is 19.6 Å². The average Bonchev–Trinajstić information content (AvgIpc) is 2.28. The molecule has 1 saturated heterocycles. The van der Waals surface area contributed by atoms with Crippen molar-refractivity contribution in [3.05, 3.63) is 0 Å². The van der Waals surface area contributed by atoms with E-state index >= 15 is 0 Å². The lowest BCUT2D eigenvalue weighted by Gasteiger charge is -2.43. The fourth-order valence-electron chi connectivity index (χ4n) is 1.94. The summed E-state index contributed by atoms with van der Waals surface area (Å²) >= 11 is 0. The topological polar surface area (TPSA) is 58.6 Å². The molecule has 0 aromatic heterocycles. The first-order chi connectivity index (χ1) is 7.91. The third kappa shape index (κ3) is 2.97. The first-order valence-electron chi connectivity index (χ1n) is 6.12. The van der Waals surface area contributed by atoms with E-state index in [0.717, 1.165) is 0 Å². The third-order valence-corrected chi connectivity index (χ3v) is 3.24. The van der Waals surface area contributed by atoms with Crippen molar-refractivity contribution in [2.24, 2.45) is 0 Å². The number of carbonyl (C=O) groups is 2. The van der Waals surface area contributed by atoms with Gasteiger partial charge in [0.1, 0.15) is 5.54 Å². The largest absolute Gasteiger partial charge is 0.377 e. The van der Waals surface area contributed by atoms with Gasteiger partial charge in [0.05, 0.1) is 19.3 Å². The van der Waals surface area contributed by atoms with E-state index in [4.69, 9.17) is 4.74 Å². The Morgan fingerprint density at radius 1 is 1.47 bits per heavy atom. The average molecular weight is 242 g/mol. The van der Waals surface area contributed by atoms with Crippen molar-refractivity contribution in [3.63, 3.8) is 0 Å². The summed E-state index contributed by atoms with van der Waals surface area (Å²) in [6.07, 6.45) is 0.739. The summed E-state index contributed by atoms with van der Waals surface area (Å²) in [5.74, 6) is -0.120. The molecule has 1 aliphatic rings. The van der Waals surface area contributed by atoms with Crippen LogP contribution in [-0.4, -0.2) is 48.1 Å². The van der Waals surface area contributed by atoms with E-state index in [1.165, 1.54) is 0 Å². The minimum atomic E-state index is -0.740. The van der Waals surface area contributed by atoms with Crippen LogP contribution in [0.5, 0.6) is 0 Å². The van der Waals surface area contributed by atoms with Crippen molar-refractivity contribution in [2.45, 2.75) is 45.8 Å². The molecule has 0 aromatic rings. The Morgan fingerprint density at radius 3 is 2.65 bits per heavy atom. The van der Waals surface area contributed by atoms with Crippen LogP contribution in [0.25, 0.3) is 0 Å². The van der Waals surface area contributed by atoms with E-state index in [1.54, 1.807) is 11.8 Å². The van der Waals surface area contributed by atoms with Crippen LogP contribution >= 0.6 is 0 Å². The van der Waals surface area contributed by atoms with Crippen molar-refractivity contribution in [1.82, 2.24) is 10.2 Å². The lowest BCUT2D eigenvalue weighted by atomic mass is 9.93. The van der Waals surface area contributed by atoms with Crippen LogP contribution in [0.15, 0.2) is 0 Å². The van der Waals surface area contributed by atoms with Gasteiger partial charge in [-0.25, -0.2) is 0 Å². The number of carbonyl (C=O) groups excluding carboxylic acids is 2. The van der Waals surface area contributed by atoms with Crippen LogP contribution < -0.4 is 5.32 Å². The molecule has 1 heterocycles. The molecule has 0 spiro atoms. The summed E-state index contributed by atoms with van der Waals surface area (Å²) in [4.78, 5) is 25.3.